The highest BCUT2D eigenvalue weighted by Crippen LogP contribution is 2.28. The van der Waals surface area contributed by atoms with Gasteiger partial charge < -0.3 is 5.32 Å². The van der Waals surface area contributed by atoms with Gasteiger partial charge >= 0.3 is 0 Å². The second-order valence-corrected chi connectivity index (χ2v) is 6.27. The summed E-state index contributed by atoms with van der Waals surface area (Å²) < 4.78 is 1.11. The van der Waals surface area contributed by atoms with E-state index in [0.717, 1.165) is 21.0 Å². The number of nitrogens with zero attached hydrogens (tertiary/aromatic N) is 1. The molecule has 1 saturated heterocycles. The first-order chi connectivity index (χ1) is 8.61. The average Bonchev–Trinajstić information content (AvgIpc) is 2.60. The van der Waals surface area contributed by atoms with Gasteiger partial charge in [0.25, 0.3) is 11.1 Å². The molecule has 0 aliphatic carbocycles. The summed E-state index contributed by atoms with van der Waals surface area (Å²) in [6.07, 6.45) is 0. The number of nitrogens with one attached hydrogen (secondary N) is 1. The van der Waals surface area contributed by atoms with Gasteiger partial charge in [0.05, 0.1) is 0 Å². The number of alkyl halides is 1. The zero-order valence-electron chi connectivity index (χ0n) is 9.23. The summed E-state index contributed by atoms with van der Waals surface area (Å²) in [5, 5.41) is 2.24. The minimum absolute atomic E-state index is 0.232. The molecular weight excluding hydrogens is 387 g/mol. The van der Waals surface area contributed by atoms with Crippen molar-refractivity contribution in [1.82, 2.24) is 4.90 Å². The van der Waals surface area contributed by atoms with E-state index >= 15 is 0 Å². The predicted molar refractivity (Wildman–Crippen MR) is 82.0 cm³/mol. The molecule has 4 nitrogen and oxygen atoms in total. The Balaban J connectivity index is 2.05. The lowest BCUT2D eigenvalue weighted by atomic mass is 10.3. The number of thioether (sulfide) groups is 1. The monoisotopic (exact) mass is 396 g/mol. The predicted octanol–water partition coefficient (Wildman–Crippen LogP) is 2.96. The number of amides is 2. The molecule has 1 aromatic rings. The van der Waals surface area contributed by atoms with Crippen molar-refractivity contribution in [3.63, 3.8) is 0 Å². The Kier molecular flexibility index (Phi) is 4.74. The third-order valence-corrected chi connectivity index (χ3v) is 4.24. The molecule has 1 aromatic carbocycles. The number of hydrogen-bond acceptors (Lipinski definition) is 4. The van der Waals surface area contributed by atoms with Crippen molar-refractivity contribution >= 4 is 62.8 Å². The van der Waals surface area contributed by atoms with E-state index in [2.05, 4.69) is 27.9 Å². The van der Waals surface area contributed by atoms with E-state index in [0.29, 0.717) is 0 Å². The van der Waals surface area contributed by atoms with Crippen LogP contribution >= 0.6 is 46.0 Å². The number of carbonyl (C=O) groups excluding carboxylic acids is 2. The maximum atomic E-state index is 11.9. The van der Waals surface area contributed by atoms with E-state index in [1.165, 1.54) is 4.90 Å². The van der Waals surface area contributed by atoms with Crippen LogP contribution < -0.4 is 5.32 Å². The molecule has 1 aliphatic heterocycles. The number of anilines is 1. The van der Waals surface area contributed by atoms with Crippen molar-refractivity contribution in [1.29, 1.82) is 0 Å². The number of benzene rings is 1. The van der Waals surface area contributed by atoms with E-state index in [1.54, 1.807) is 0 Å². The third-order valence-electron chi connectivity index (χ3n) is 2.38. The molecule has 1 atom stereocenters. The standard InChI is InChI=1S/C11H10ClIN2O2S/c12-5-6-15-10(16)9(18-11(15)17)14-8-3-1-7(13)2-4-8/h1-4,9,14H,5-6H2/t9-/m0/s1. The molecule has 96 valence electrons. The molecular formula is C11H10ClIN2O2S. The van der Waals surface area contributed by atoms with Crippen molar-refractivity contribution in [2.45, 2.75) is 5.37 Å². The molecule has 2 amide bonds. The highest BCUT2D eigenvalue weighted by Gasteiger charge is 2.39. The van der Waals surface area contributed by atoms with Gasteiger partial charge in [0, 0.05) is 21.7 Å². The van der Waals surface area contributed by atoms with Crippen LogP contribution in [0.2, 0.25) is 0 Å². The summed E-state index contributed by atoms with van der Waals surface area (Å²) in [7, 11) is 0. The number of rotatable bonds is 4. The lowest BCUT2D eigenvalue weighted by molar-refractivity contribution is -0.126. The molecule has 0 unspecified atom stereocenters. The molecule has 18 heavy (non-hydrogen) atoms. The van der Waals surface area contributed by atoms with Gasteiger partial charge in [0.1, 0.15) is 0 Å². The van der Waals surface area contributed by atoms with E-state index in [-0.39, 0.29) is 23.6 Å². The Bertz CT molecular complexity index is 469. The Morgan fingerprint density at radius 3 is 2.61 bits per heavy atom. The lowest BCUT2D eigenvalue weighted by Crippen LogP contribution is -2.35. The molecule has 7 heteroatoms. The van der Waals surface area contributed by atoms with Gasteiger partial charge in [-0.1, -0.05) is 0 Å². The maximum Gasteiger partial charge on any atom is 0.290 e. The van der Waals surface area contributed by atoms with Crippen molar-refractivity contribution in [2.75, 3.05) is 17.7 Å². The van der Waals surface area contributed by atoms with Crippen LogP contribution in [0.1, 0.15) is 0 Å². The molecule has 0 radical (unpaired) electrons. The maximum absolute atomic E-state index is 11.9. The number of hydrogen-bond donors (Lipinski definition) is 1. The summed E-state index contributed by atoms with van der Waals surface area (Å²) in [5.41, 5.74) is 0.821. The fraction of sp³-hybridized carbons (Fsp3) is 0.273. The highest BCUT2D eigenvalue weighted by molar-refractivity contribution is 14.1. The van der Waals surface area contributed by atoms with E-state index in [9.17, 15) is 9.59 Å². The van der Waals surface area contributed by atoms with Crippen LogP contribution in [-0.2, 0) is 4.79 Å². The molecule has 2 rings (SSSR count). The minimum Gasteiger partial charge on any atom is -0.365 e. The first kappa shape index (κ1) is 14.0. The lowest BCUT2D eigenvalue weighted by Gasteiger charge is -2.13. The van der Waals surface area contributed by atoms with Gasteiger partial charge in [-0.15, -0.1) is 11.6 Å². The fourth-order valence-corrected chi connectivity index (χ4v) is 2.98. The zero-order chi connectivity index (χ0) is 13.1. The molecule has 1 heterocycles. The van der Waals surface area contributed by atoms with Gasteiger partial charge in [-0.25, -0.2) is 0 Å². The van der Waals surface area contributed by atoms with E-state index in [1.807, 2.05) is 24.3 Å². The highest BCUT2D eigenvalue weighted by atomic mass is 127. The van der Waals surface area contributed by atoms with Crippen LogP contribution in [0, 0.1) is 3.57 Å². The van der Waals surface area contributed by atoms with Crippen LogP contribution in [0.4, 0.5) is 10.5 Å². The first-order valence-corrected chi connectivity index (χ1v) is 7.71. The van der Waals surface area contributed by atoms with Gasteiger partial charge in [-0.2, -0.15) is 0 Å². The molecule has 0 saturated carbocycles. The zero-order valence-corrected chi connectivity index (χ0v) is 13.0. The van der Waals surface area contributed by atoms with Crippen LogP contribution in [0.25, 0.3) is 0 Å². The second-order valence-electron chi connectivity index (χ2n) is 3.59. The summed E-state index contributed by atoms with van der Waals surface area (Å²) in [6.45, 7) is 0.261. The van der Waals surface area contributed by atoms with Crippen molar-refractivity contribution in [3.05, 3.63) is 27.8 Å². The summed E-state index contributed by atoms with van der Waals surface area (Å²) >= 11 is 8.75. The quantitative estimate of drug-likeness (QED) is 0.628. The first-order valence-electron chi connectivity index (χ1n) is 5.22. The van der Waals surface area contributed by atoms with Crippen LogP contribution in [0.15, 0.2) is 24.3 Å². The Labute approximate surface area is 128 Å². The van der Waals surface area contributed by atoms with Crippen LogP contribution in [-0.4, -0.2) is 33.8 Å². The van der Waals surface area contributed by atoms with Crippen molar-refractivity contribution in [3.8, 4) is 0 Å². The molecule has 0 aromatic heterocycles. The third kappa shape index (κ3) is 3.10. The normalized spacial score (nSPS) is 19.4. The average molecular weight is 397 g/mol. The largest absolute Gasteiger partial charge is 0.365 e. The Hall–Kier alpha value is -0.470. The SMILES string of the molecule is O=C1S[C@H](Nc2ccc(I)cc2)C(=O)N1CCCl. The van der Waals surface area contributed by atoms with Gasteiger partial charge in [0.2, 0.25) is 0 Å². The number of imide groups is 1. The van der Waals surface area contributed by atoms with Crippen molar-refractivity contribution < 1.29 is 9.59 Å². The summed E-state index contributed by atoms with van der Waals surface area (Å²) in [5.74, 6) is 0.0260. The molecule has 1 N–H and O–H groups in total. The topological polar surface area (TPSA) is 49.4 Å². The van der Waals surface area contributed by atoms with E-state index in [4.69, 9.17) is 11.6 Å². The number of carbonyl (C=O) groups is 2. The molecule has 1 fully saturated rings. The van der Waals surface area contributed by atoms with Crippen molar-refractivity contribution in [2.24, 2.45) is 0 Å². The Morgan fingerprint density at radius 1 is 1.33 bits per heavy atom. The summed E-state index contributed by atoms with van der Waals surface area (Å²) in [4.78, 5) is 24.7. The molecule has 1 aliphatic rings. The van der Waals surface area contributed by atoms with Gasteiger partial charge in [-0.05, 0) is 58.6 Å². The number of halogens is 2. The smallest absolute Gasteiger partial charge is 0.290 e. The van der Waals surface area contributed by atoms with E-state index < -0.39 is 5.37 Å². The molecule has 0 spiro atoms. The van der Waals surface area contributed by atoms with Gasteiger partial charge in [0.15, 0.2) is 5.37 Å². The Morgan fingerprint density at radius 2 is 2.00 bits per heavy atom. The fourth-order valence-electron chi connectivity index (χ4n) is 1.52. The second kappa shape index (κ2) is 6.12. The minimum atomic E-state index is -0.555. The summed E-state index contributed by atoms with van der Waals surface area (Å²) in [6, 6.07) is 7.63. The van der Waals surface area contributed by atoms with Crippen LogP contribution in [0.3, 0.4) is 0 Å². The molecule has 0 bridgehead atoms. The van der Waals surface area contributed by atoms with Gasteiger partial charge in [-0.3, -0.25) is 14.5 Å². The van der Waals surface area contributed by atoms with Crippen LogP contribution in [0.5, 0.6) is 0 Å².